The lowest BCUT2D eigenvalue weighted by Gasteiger charge is -2.17. The fourth-order valence-electron chi connectivity index (χ4n) is 5.31. The maximum Gasteiger partial charge on any atom is 0.276 e. The van der Waals surface area contributed by atoms with Gasteiger partial charge in [-0.25, -0.2) is 12.8 Å². The van der Waals surface area contributed by atoms with Crippen molar-refractivity contribution in [2.45, 2.75) is 38.1 Å². The van der Waals surface area contributed by atoms with E-state index in [2.05, 4.69) is 10.4 Å². The molecule has 6 rings (SSSR count). The summed E-state index contributed by atoms with van der Waals surface area (Å²) in [6, 6.07) is 11.8. The maximum atomic E-state index is 13.6. The van der Waals surface area contributed by atoms with Crippen molar-refractivity contribution in [1.82, 2.24) is 9.78 Å². The Morgan fingerprint density at radius 2 is 1.81 bits per heavy atom. The molecule has 1 saturated heterocycles. The van der Waals surface area contributed by atoms with E-state index in [4.69, 9.17) is 4.42 Å². The second-order valence-electron chi connectivity index (χ2n) is 9.57. The van der Waals surface area contributed by atoms with Gasteiger partial charge in [0.25, 0.3) is 5.91 Å². The largest absolute Gasteiger partial charge is 0.450 e. The van der Waals surface area contributed by atoms with Gasteiger partial charge in [-0.15, -0.1) is 0 Å². The van der Waals surface area contributed by atoms with Crippen LogP contribution in [0.3, 0.4) is 0 Å². The molecule has 1 aliphatic heterocycles. The van der Waals surface area contributed by atoms with E-state index < -0.39 is 27.3 Å². The number of sulfone groups is 1. The number of carbonyl (C=O) groups is 2. The second kappa shape index (κ2) is 8.95. The lowest BCUT2D eigenvalue weighted by molar-refractivity contribution is 0.101. The van der Waals surface area contributed by atoms with Crippen LogP contribution in [0.25, 0.3) is 11.0 Å². The van der Waals surface area contributed by atoms with Crippen molar-refractivity contribution in [1.29, 1.82) is 0 Å². The number of nitrogens with zero attached hydrogens (tertiary/aromatic N) is 2. The van der Waals surface area contributed by atoms with Crippen molar-refractivity contribution in [2.75, 3.05) is 16.8 Å². The van der Waals surface area contributed by atoms with Gasteiger partial charge < -0.3 is 9.73 Å². The van der Waals surface area contributed by atoms with Gasteiger partial charge in [0.15, 0.2) is 21.3 Å². The lowest BCUT2D eigenvalue weighted by Crippen LogP contribution is -2.18. The minimum Gasteiger partial charge on any atom is -0.450 e. The first kappa shape index (κ1) is 23.6. The Morgan fingerprint density at radius 3 is 2.57 bits per heavy atom. The zero-order valence-corrected chi connectivity index (χ0v) is 20.7. The molecule has 0 spiro atoms. The summed E-state index contributed by atoms with van der Waals surface area (Å²) in [5.41, 5.74) is 2.85. The molecule has 4 aromatic rings. The van der Waals surface area contributed by atoms with E-state index in [0.717, 1.165) is 30.5 Å². The molecule has 2 aromatic heterocycles. The topological polar surface area (TPSA) is 111 Å². The van der Waals surface area contributed by atoms with Crippen LogP contribution in [0.2, 0.25) is 0 Å². The zero-order valence-electron chi connectivity index (χ0n) is 19.9. The third-order valence-corrected chi connectivity index (χ3v) is 8.88. The summed E-state index contributed by atoms with van der Waals surface area (Å²) in [5.74, 6) is -1.37. The molecule has 1 N–H and O–H groups in total. The first-order valence-electron chi connectivity index (χ1n) is 12.2. The van der Waals surface area contributed by atoms with Crippen LogP contribution in [0.4, 0.5) is 10.1 Å². The summed E-state index contributed by atoms with van der Waals surface area (Å²) in [6.07, 6.45) is 3.73. The van der Waals surface area contributed by atoms with Gasteiger partial charge in [0.2, 0.25) is 5.78 Å². The number of hydrogen-bond donors (Lipinski definition) is 1. The minimum absolute atomic E-state index is 0.0187. The molecule has 1 amide bonds. The van der Waals surface area contributed by atoms with Gasteiger partial charge in [0.05, 0.1) is 23.2 Å². The SMILES string of the molecule is O=C(Nc1c(C(=O)c2ccc(F)cc2)oc2ccccc12)c1nn(C2CCS(=O)(=O)C2)c2c1CCCC2. The molecule has 37 heavy (non-hydrogen) atoms. The van der Waals surface area contributed by atoms with E-state index in [1.165, 1.54) is 24.3 Å². The Balaban J connectivity index is 1.39. The normalized spacial score (nSPS) is 18.6. The van der Waals surface area contributed by atoms with Crippen molar-refractivity contribution in [3.05, 3.63) is 82.6 Å². The van der Waals surface area contributed by atoms with E-state index in [-0.39, 0.29) is 40.3 Å². The highest BCUT2D eigenvalue weighted by Crippen LogP contribution is 2.35. The fourth-order valence-corrected chi connectivity index (χ4v) is 7.01. The number of hydrogen-bond acceptors (Lipinski definition) is 6. The molecule has 1 unspecified atom stereocenters. The molecule has 0 saturated carbocycles. The van der Waals surface area contributed by atoms with Crippen molar-refractivity contribution < 1.29 is 26.8 Å². The third kappa shape index (κ3) is 4.25. The molecule has 8 nitrogen and oxygen atoms in total. The molecule has 1 fully saturated rings. The van der Waals surface area contributed by atoms with E-state index in [0.29, 0.717) is 23.8 Å². The molecular weight excluding hydrogens is 497 g/mol. The highest BCUT2D eigenvalue weighted by Gasteiger charge is 2.35. The molecule has 190 valence electrons. The number of anilines is 1. The van der Waals surface area contributed by atoms with Gasteiger partial charge in [0, 0.05) is 22.2 Å². The summed E-state index contributed by atoms with van der Waals surface area (Å²) in [6.45, 7) is 0. The second-order valence-corrected chi connectivity index (χ2v) is 11.8. The Kier molecular flexibility index (Phi) is 5.71. The minimum atomic E-state index is -3.13. The van der Waals surface area contributed by atoms with Gasteiger partial charge in [-0.05, 0) is 68.5 Å². The molecular formula is C27H24FN3O5S. The summed E-state index contributed by atoms with van der Waals surface area (Å²) in [4.78, 5) is 26.9. The summed E-state index contributed by atoms with van der Waals surface area (Å²) in [7, 11) is -3.13. The molecule has 0 radical (unpaired) electrons. The number of benzene rings is 2. The Labute approximate surface area is 212 Å². The molecule has 0 bridgehead atoms. The molecule has 10 heteroatoms. The highest BCUT2D eigenvalue weighted by atomic mass is 32.2. The van der Waals surface area contributed by atoms with Crippen LogP contribution in [0.5, 0.6) is 0 Å². The Bertz CT molecular complexity index is 1650. The predicted molar refractivity (Wildman–Crippen MR) is 135 cm³/mol. The average molecular weight is 522 g/mol. The monoisotopic (exact) mass is 521 g/mol. The molecule has 3 heterocycles. The van der Waals surface area contributed by atoms with Crippen LogP contribution >= 0.6 is 0 Å². The van der Waals surface area contributed by atoms with E-state index in [9.17, 15) is 22.4 Å². The number of halogens is 1. The fraction of sp³-hybridized carbons (Fsp3) is 0.296. The molecule has 2 aromatic carbocycles. The number of nitrogens with one attached hydrogen (secondary N) is 1. The molecule has 1 aliphatic carbocycles. The summed E-state index contributed by atoms with van der Waals surface area (Å²) < 4.78 is 45.2. The van der Waals surface area contributed by atoms with Gasteiger partial charge in [-0.3, -0.25) is 14.3 Å². The number of carbonyl (C=O) groups excluding carboxylic acids is 2. The number of aromatic nitrogens is 2. The number of furan rings is 1. The number of rotatable bonds is 5. The Morgan fingerprint density at radius 1 is 1.05 bits per heavy atom. The third-order valence-electron chi connectivity index (χ3n) is 7.12. The van der Waals surface area contributed by atoms with E-state index in [1.54, 1.807) is 28.9 Å². The lowest BCUT2D eigenvalue weighted by atomic mass is 9.95. The quantitative estimate of drug-likeness (QED) is 0.388. The van der Waals surface area contributed by atoms with Crippen LogP contribution in [-0.4, -0.2) is 41.4 Å². The number of para-hydroxylation sites is 1. The highest BCUT2D eigenvalue weighted by molar-refractivity contribution is 7.91. The van der Waals surface area contributed by atoms with Crippen molar-refractivity contribution in [3.63, 3.8) is 0 Å². The Hall–Kier alpha value is -3.79. The predicted octanol–water partition coefficient (Wildman–Crippen LogP) is 4.49. The van der Waals surface area contributed by atoms with Gasteiger partial charge in [-0.1, -0.05) is 12.1 Å². The van der Waals surface area contributed by atoms with Crippen LogP contribution in [0.15, 0.2) is 52.9 Å². The van der Waals surface area contributed by atoms with E-state index >= 15 is 0 Å². The van der Waals surface area contributed by atoms with Crippen molar-refractivity contribution in [2.24, 2.45) is 0 Å². The zero-order chi connectivity index (χ0) is 25.7. The average Bonchev–Trinajstić information content (AvgIpc) is 3.57. The molecule has 1 atom stereocenters. The number of amides is 1. The van der Waals surface area contributed by atoms with Crippen LogP contribution in [0.1, 0.15) is 63.2 Å². The van der Waals surface area contributed by atoms with Crippen molar-refractivity contribution >= 4 is 38.2 Å². The smallest absolute Gasteiger partial charge is 0.276 e. The first-order chi connectivity index (χ1) is 17.8. The number of fused-ring (bicyclic) bond motifs is 2. The van der Waals surface area contributed by atoms with Crippen molar-refractivity contribution in [3.8, 4) is 0 Å². The van der Waals surface area contributed by atoms with Gasteiger partial charge in [-0.2, -0.15) is 5.10 Å². The van der Waals surface area contributed by atoms with Gasteiger partial charge in [0.1, 0.15) is 11.4 Å². The standard InChI is InChI=1S/C27H24FN3O5S/c28-17-11-9-16(10-12-17)25(32)26-23(20-6-2-4-8-22(20)36-26)29-27(33)24-19-5-1-3-7-21(19)31(30-24)18-13-14-37(34,35)15-18/h2,4,6,8-12,18H,1,3,5,7,13-15H2,(H,29,33). The first-order valence-corrected chi connectivity index (χ1v) is 14.1. The van der Waals surface area contributed by atoms with Crippen LogP contribution in [0, 0.1) is 5.82 Å². The van der Waals surface area contributed by atoms with Crippen LogP contribution < -0.4 is 5.32 Å². The summed E-state index contributed by atoms with van der Waals surface area (Å²) >= 11 is 0. The molecule has 2 aliphatic rings. The maximum absolute atomic E-state index is 13.6. The number of ketones is 1. The van der Waals surface area contributed by atoms with Crippen LogP contribution in [-0.2, 0) is 22.7 Å². The van der Waals surface area contributed by atoms with E-state index in [1.807, 2.05) is 0 Å². The van der Waals surface area contributed by atoms with Gasteiger partial charge >= 0.3 is 0 Å². The summed E-state index contributed by atoms with van der Waals surface area (Å²) in [5, 5.41) is 8.04.